The van der Waals surface area contributed by atoms with E-state index in [0.717, 1.165) is 29.5 Å². The van der Waals surface area contributed by atoms with Gasteiger partial charge in [0.2, 0.25) is 0 Å². The number of carbonyl (C=O) groups is 2. The topological polar surface area (TPSA) is 63.6 Å². The molecule has 0 radical (unpaired) electrons. The lowest BCUT2D eigenvalue weighted by molar-refractivity contribution is 0.0696. The Bertz CT molecular complexity index is 734. The van der Waals surface area contributed by atoms with Gasteiger partial charge in [0, 0.05) is 12.0 Å². The van der Waals surface area contributed by atoms with Gasteiger partial charge >= 0.3 is 5.97 Å². The molecule has 0 bridgehead atoms. The number of fused-ring (bicyclic) bond motifs is 1. The standard InChI is InChI=1S/C18H16O4/c19-17-6-2-4-13-7-8-15(10-16(13)17)22-11-12-3-1-5-14(9-12)18(20)21/h1,3,5,7-10H,2,4,6,11H2,(H,20,21). The third-order valence-corrected chi connectivity index (χ3v) is 3.81. The SMILES string of the molecule is O=C(O)c1cccc(COc2ccc3c(c2)C(=O)CCC3)c1. The highest BCUT2D eigenvalue weighted by molar-refractivity contribution is 5.98. The summed E-state index contributed by atoms with van der Waals surface area (Å²) in [5.74, 6) is -0.157. The van der Waals surface area contributed by atoms with Crippen LogP contribution in [0.1, 0.15) is 44.7 Å². The lowest BCUT2D eigenvalue weighted by Crippen LogP contribution is -2.10. The number of hydrogen-bond donors (Lipinski definition) is 1. The number of ether oxygens (including phenoxy) is 1. The van der Waals surface area contributed by atoms with Crippen LogP contribution in [-0.4, -0.2) is 16.9 Å². The van der Waals surface area contributed by atoms with Gasteiger partial charge in [-0.1, -0.05) is 18.2 Å². The van der Waals surface area contributed by atoms with Gasteiger partial charge in [-0.25, -0.2) is 4.79 Å². The monoisotopic (exact) mass is 296 g/mol. The first-order chi connectivity index (χ1) is 10.6. The summed E-state index contributed by atoms with van der Waals surface area (Å²) in [6.07, 6.45) is 2.44. The van der Waals surface area contributed by atoms with E-state index in [1.54, 1.807) is 24.3 Å². The number of aromatic carboxylic acids is 1. The summed E-state index contributed by atoms with van der Waals surface area (Å²) in [4.78, 5) is 22.9. The van der Waals surface area contributed by atoms with E-state index in [0.29, 0.717) is 12.2 Å². The van der Waals surface area contributed by atoms with Gasteiger partial charge in [-0.2, -0.15) is 0 Å². The molecule has 1 aliphatic carbocycles. The minimum Gasteiger partial charge on any atom is -0.489 e. The van der Waals surface area contributed by atoms with Gasteiger partial charge in [-0.15, -0.1) is 0 Å². The van der Waals surface area contributed by atoms with E-state index in [1.165, 1.54) is 0 Å². The second kappa shape index (κ2) is 6.02. The van der Waals surface area contributed by atoms with Crippen LogP contribution in [0.2, 0.25) is 0 Å². The number of aryl methyl sites for hydroxylation is 1. The van der Waals surface area contributed by atoms with Crippen LogP contribution in [0.15, 0.2) is 42.5 Å². The van der Waals surface area contributed by atoms with Crippen molar-refractivity contribution in [1.29, 1.82) is 0 Å². The average Bonchev–Trinajstić information content (AvgIpc) is 2.54. The van der Waals surface area contributed by atoms with Crippen LogP contribution in [0.25, 0.3) is 0 Å². The predicted octanol–water partition coefficient (Wildman–Crippen LogP) is 3.48. The Morgan fingerprint density at radius 3 is 2.82 bits per heavy atom. The maximum absolute atomic E-state index is 11.9. The first-order valence-corrected chi connectivity index (χ1v) is 7.24. The zero-order valence-corrected chi connectivity index (χ0v) is 12.0. The van der Waals surface area contributed by atoms with Gasteiger partial charge in [0.25, 0.3) is 0 Å². The molecule has 0 fully saturated rings. The van der Waals surface area contributed by atoms with Gasteiger partial charge in [-0.3, -0.25) is 4.79 Å². The fraction of sp³-hybridized carbons (Fsp3) is 0.222. The highest BCUT2D eigenvalue weighted by Crippen LogP contribution is 2.26. The Balaban J connectivity index is 1.74. The largest absolute Gasteiger partial charge is 0.489 e. The van der Waals surface area contributed by atoms with Gasteiger partial charge in [0.05, 0.1) is 5.56 Å². The lowest BCUT2D eigenvalue weighted by Gasteiger charge is -2.16. The van der Waals surface area contributed by atoms with Crippen LogP contribution >= 0.6 is 0 Å². The first kappa shape index (κ1) is 14.3. The number of carboxylic acid groups (broad SMARTS) is 1. The highest BCUT2D eigenvalue weighted by atomic mass is 16.5. The molecule has 3 rings (SSSR count). The molecule has 2 aromatic rings. The summed E-state index contributed by atoms with van der Waals surface area (Å²) in [5.41, 5.74) is 2.85. The van der Waals surface area contributed by atoms with Crippen LogP contribution in [0.4, 0.5) is 0 Å². The quantitative estimate of drug-likeness (QED) is 0.938. The maximum atomic E-state index is 11.9. The molecule has 0 saturated carbocycles. The summed E-state index contributed by atoms with van der Waals surface area (Å²) in [6, 6.07) is 12.2. The summed E-state index contributed by atoms with van der Waals surface area (Å²) in [5, 5.41) is 8.98. The number of carbonyl (C=O) groups excluding carboxylic acids is 1. The molecule has 0 spiro atoms. The summed E-state index contributed by atoms with van der Waals surface area (Å²) in [6.45, 7) is 0.272. The molecule has 0 aliphatic heterocycles. The van der Waals surface area contributed by atoms with E-state index in [4.69, 9.17) is 9.84 Å². The van der Waals surface area contributed by atoms with Crippen molar-refractivity contribution in [2.24, 2.45) is 0 Å². The molecule has 1 aliphatic rings. The van der Waals surface area contributed by atoms with E-state index < -0.39 is 5.97 Å². The van der Waals surface area contributed by atoms with Crippen molar-refractivity contribution in [2.45, 2.75) is 25.9 Å². The Hall–Kier alpha value is -2.62. The second-order valence-corrected chi connectivity index (χ2v) is 5.39. The van der Waals surface area contributed by atoms with Gasteiger partial charge < -0.3 is 9.84 Å². The Morgan fingerprint density at radius 2 is 2.00 bits per heavy atom. The molecule has 2 aromatic carbocycles. The molecule has 0 aromatic heterocycles. The molecule has 0 heterocycles. The normalized spacial score (nSPS) is 13.5. The number of rotatable bonds is 4. The minimum absolute atomic E-state index is 0.166. The fourth-order valence-electron chi connectivity index (χ4n) is 2.66. The number of ketones is 1. The number of benzene rings is 2. The van der Waals surface area contributed by atoms with Crippen molar-refractivity contribution in [1.82, 2.24) is 0 Å². The van der Waals surface area contributed by atoms with E-state index in [9.17, 15) is 9.59 Å². The molecule has 112 valence electrons. The molecule has 1 N–H and O–H groups in total. The van der Waals surface area contributed by atoms with E-state index >= 15 is 0 Å². The number of hydrogen-bond acceptors (Lipinski definition) is 3. The average molecular weight is 296 g/mol. The van der Waals surface area contributed by atoms with Crippen molar-refractivity contribution >= 4 is 11.8 Å². The Morgan fingerprint density at radius 1 is 1.14 bits per heavy atom. The van der Waals surface area contributed by atoms with Gasteiger partial charge in [0.1, 0.15) is 12.4 Å². The zero-order chi connectivity index (χ0) is 15.5. The highest BCUT2D eigenvalue weighted by Gasteiger charge is 2.17. The van der Waals surface area contributed by atoms with Crippen LogP contribution < -0.4 is 4.74 Å². The molecular formula is C18H16O4. The van der Waals surface area contributed by atoms with Crippen molar-refractivity contribution in [2.75, 3.05) is 0 Å². The fourth-order valence-corrected chi connectivity index (χ4v) is 2.66. The van der Waals surface area contributed by atoms with E-state index in [-0.39, 0.29) is 18.0 Å². The zero-order valence-electron chi connectivity index (χ0n) is 12.0. The number of carboxylic acids is 1. The summed E-state index contributed by atoms with van der Waals surface area (Å²) in [7, 11) is 0. The molecule has 0 saturated heterocycles. The van der Waals surface area contributed by atoms with Gasteiger partial charge in [0.15, 0.2) is 5.78 Å². The smallest absolute Gasteiger partial charge is 0.335 e. The second-order valence-electron chi connectivity index (χ2n) is 5.39. The van der Waals surface area contributed by atoms with Crippen molar-refractivity contribution < 1.29 is 19.4 Å². The van der Waals surface area contributed by atoms with Crippen LogP contribution in [0, 0.1) is 0 Å². The van der Waals surface area contributed by atoms with Crippen molar-refractivity contribution in [3.8, 4) is 5.75 Å². The molecule has 4 nitrogen and oxygen atoms in total. The molecule has 0 unspecified atom stereocenters. The van der Waals surface area contributed by atoms with Gasteiger partial charge in [-0.05, 0) is 48.2 Å². The van der Waals surface area contributed by atoms with Crippen LogP contribution in [0.3, 0.4) is 0 Å². The predicted molar refractivity (Wildman–Crippen MR) is 81.4 cm³/mol. The minimum atomic E-state index is -0.957. The maximum Gasteiger partial charge on any atom is 0.335 e. The molecular weight excluding hydrogens is 280 g/mol. The van der Waals surface area contributed by atoms with E-state index in [2.05, 4.69) is 0 Å². The molecule has 4 heteroatoms. The summed E-state index contributed by atoms with van der Waals surface area (Å²) < 4.78 is 5.70. The molecule has 22 heavy (non-hydrogen) atoms. The van der Waals surface area contributed by atoms with E-state index in [1.807, 2.05) is 18.2 Å². The van der Waals surface area contributed by atoms with Crippen LogP contribution in [-0.2, 0) is 13.0 Å². The molecule has 0 atom stereocenters. The lowest BCUT2D eigenvalue weighted by atomic mass is 9.90. The molecule has 0 amide bonds. The number of Topliss-reactive ketones (excluding diaryl/α,β-unsaturated/α-hetero) is 1. The third kappa shape index (κ3) is 3.01. The first-order valence-electron chi connectivity index (χ1n) is 7.24. The van der Waals surface area contributed by atoms with Crippen molar-refractivity contribution in [3.63, 3.8) is 0 Å². The Labute approximate surface area is 128 Å². The van der Waals surface area contributed by atoms with Crippen molar-refractivity contribution in [3.05, 3.63) is 64.7 Å². The third-order valence-electron chi connectivity index (χ3n) is 3.81. The Kier molecular flexibility index (Phi) is 3.92. The van der Waals surface area contributed by atoms with Crippen LogP contribution in [0.5, 0.6) is 5.75 Å². The summed E-state index contributed by atoms with van der Waals surface area (Å²) >= 11 is 0.